The topological polar surface area (TPSA) is 71.1 Å². The third-order valence-corrected chi connectivity index (χ3v) is 8.38. The second kappa shape index (κ2) is 14.7. The second-order valence-corrected chi connectivity index (χ2v) is 11.4. The van der Waals surface area contributed by atoms with Gasteiger partial charge in [0.15, 0.2) is 17.3 Å². The lowest BCUT2D eigenvalue weighted by molar-refractivity contribution is -0.137. The van der Waals surface area contributed by atoms with Crippen LogP contribution in [0.4, 0.5) is 24.5 Å². The van der Waals surface area contributed by atoms with Crippen molar-refractivity contribution in [1.82, 2.24) is 4.90 Å². The average molecular weight is 646 g/mol. The summed E-state index contributed by atoms with van der Waals surface area (Å²) in [6.07, 6.45) is -3.12. The number of Topliss-reactive ketones (excluding diaryl/α,β-unsaturated/α-hetero) is 1. The Morgan fingerprint density at radius 1 is 0.830 bits per heavy atom. The van der Waals surface area contributed by atoms with Crippen LogP contribution >= 0.6 is 0 Å². The Hall–Kier alpha value is -4.83. The quantitative estimate of drug-likeness (QED) is 0.179. The first-order valence-corrected chi connectivity index (χ1v) is 15.5. The van der Waals surface area contributed by atoms with E-state index in [4.69, 9.17) is 9.47 Å². The Morgan fingerprint density at radius 3 is 2.02 bits per heavy atom. The number of nitrogens with zero attached hydrogens (tertiary/aromatic N) is 2. The first-order valence-electron chi connectivity index (χ1n) is 15.5. The highest BCUT2D eigenvalue weighted by molar-refractivity contribution is 6.09. The zero-order valence-electron chi connectivity index (χ0n) is 26.6. The molecule has 1 aliphatic rings. The summed E-state index contributed by atoms with van der Waals surface area (Å²) >= 11 is 0. The van der Waals surface area contributed by atoms with Gasteiger partial charge in [-0.25, -0.2) is 0 Å². The van der Waals surface area contributed by atoms with Crippen LogP contribution in [0.2, 0.25) is 0 Å². The van der Waals surface area contributed by atoms with Gasteiger partial charge in [-0.1, -0.05) is 49.4 Å². The first-order chi connectivity index (χ1) is 22.6. The van der Waals surface area contributed by atoms with Crippen molar-refractivity contribution in [3.8, 4) is 22.6 Å². The molecule has 1 saturated heterocycles. The predicted molar refractivity (Wildman–Crippen MR) is 177 cm³/mol. The number of rotatable bonds is 11. The summed E-state index contributed by atoms with van der Waals surface area (Å²) in [7, 11) is 2.89. The molecule has 1 fully saturated rings. The molecule has 7 nitrogen and oxygen atoms in total. The molecule has 0 aliphatic carbocycles. The van der Waals surface area contributed by atoms with Crippen molar-refractivity contribution in [2.45, 2.75) is 32.0 Å². The van der Waals surface area contributed by atoms with E-state index in [-0.39, 0.29) is 17.4 Å². The number of nitrogens with one attached hydrogen (secondary N) is 1. The van der Waals surface area contributed by atoms with Crippen molar-refractivity contribution in [2.24, 2.45) is 0 Å². The number of methoxy groups -OCH3 is 2. The summed E-state index contributed by atoms with van der Waals surface area (Å²) in [4.78, 5) is 31.2. The lowest BCUT2D eigenvalue weighted by Gasteiger charge is -2.40. The Bertz CT molecular complexity index is 1670. The number of halogens is 3. The Balaban J connectivity index is 1.30. The van der Waals surface area contributed by atoms with Crippen LogP contribution in [-0.4, -0.2) is 57.0 Å². The molecule has 0 radical (unpaired) electrons. The number of hydrogen-bond donors (Lipinski definition) is 1. The molecular formula is C37H38F3N3O4. The molecule has 1 N–H and O–H groups in total. The number of piperazine rings is 1. The number of alkyl halides is 3. The van der Waals surface area contributed by atoms with Crippen molar-refractivity contribution in [2.75, 3.05) is 50.6 Å². The van der Waals surface area contributed by atoms with Gasteiger partial charge in [0, 0.05) is 44.0 Å². The molecule has 47 heavy (non-hydrogen) atoms. The smallest absolute Gasteiger partial charge is 0.416 e. The molecule has 1 heterocycles. The molecular weight excluding hydrogens is 607 g/mol. The third kappa shape index (κ3) is 7.77. The largest absolute Gasteiger partial charge is 0.493 e. The number of carbonyl (C=O) groups excluding carboxylic acids is 2. The van der Waals surface area contributed by atoms with Crippen LogP contribution in [0.3, 0.4) is 0 Å². The highest BCUT2D eigenvalue weighted by Gasteiger charge is 2.31. The summed E-state index contributed by atoms with van der Waals surface area (Å²) in [5.41, 5.74) is 2.83. The number of amides is 1. The Morgan fingerprint density at radius 2 is 1.45 bits per heavy atom. The third-order valence-electron chi connectivity index (χ3n) is 8.38. The van der Waals surface area contributed by atoms with Crippen LogP contribution in [0, 0.1) is 0 Å². The molecule has 0 saturated carbocycles. The lowest BCUT2D eigenvalue weighted by atomic mass is 9.97. The number of hydrogen-bond acceptors (Lipinski definition) is 6. The summed E-state index contributed by atoms with van der Waals surface area (Å²) in [5, 5.41) is 2.91. The van der Waals surface area contributed by atoms with Gasteiger partial charge in [0.2, 0.25) is 0 Å². The molecule has 1 amide bonds. The fourth-order valence-corrected chi connectivity index (χ4v) is 5.96. The van der Waals surface area contributed by atoms with E-state index in [1.54, 1.807) is 6.07 Å². The first kappa shape index (κ1) is 33.5. The molecule has 0 spiro atoms. The van der Waals surface area contributed by atoms with Gasteiger partial charge in [0.1, 0.15) is 0 Å². The van der Waals surface area contributed by atoms with Crippen LogP contribution in [-0.2, 0) is 11.0 Å². The van der Waals surface area contributed by atoms with E-state index in [2.05, 4.69) is 15.1 Å². The lowest BCUT2D eigenvalue weighted by Crippen LogP contribution is -2.49. The minimum absolute atomic E-state index is 0.216. The molecule has 5 rings (SSSR count). The van der Waals surface area contributed by atoms with Crippen molar-refractivity contribution in [3.05, 3.63) is 108 Å². The van der Waals surface area contributed by atoms with Crippen LogP contribution in [0.1, 0.15) is 47.3 Å². The van der Waals surface area contributed by atoms with E-state index in [0.29, 0.717) is 34.7 Å². The molecule has 4 aromatic rings. The molecule has 0 aromatic heterocycles. The highest BCUT2D eigenvalue weighted by Crippen LogP contribution is 2.38. The molecule has 0 bridgehead atoms. The fraction of sp³-hybridized carbons (Fsp3) is 0.297. The minimum Gasteiger partial charge on any atom is -0.493 e. The standard InChI is InChI=1S/C37H38F3N3O4/c1-4-8-32(44)35(26-9-6-5-7-10-26)43-21-19-42(20-22-43)29-17-15-28(16-18-29)41-36(45)31-24-34(47-3)33(46-2)23-30(31)25-11-13-27(14-12-25)37(38,39)40/h5-7,9-18,23-24,35H,4,8,19-22H2,1-3H3,(H,41,45). The van der Waals surface area contributed by atoms with Crippen molar-refractivity contribution in [1.29, 1.82) is 0 Å². The zero-order chi connectivity index (χ0) is 33.6. The fourth-order valence-electron chi connectivity index (χ4n) is 5.96. The van der Waals surface area contributed by atoms with Gasteiger partial charge in [-0.2, -0.15) is 13.2 Å². The van der Waals surface area contributed by atoms with Gasteiger partial charge in [0.25, 0.3) is 5.91 Å². The van der Waals surface area contributed by atoms with Crippen molar-refractivity contribution >= 4 is 23.1 Å². The molecule has 1 atom stereocenters. The molecule has 10 heteroatoms. The summed E-state index contributed by atoms with van der Waals surface area (Å²) in [6, 6.07) is 24.9. The van der Waals surface area contributed by atoms with Gasteiger partial charge >= 0.3 is 6.18 Å². The van der Waals surface area contributed by atoms with E-state index >= 15 is 0 Å². The number of ketones is 1. The van der Waals surface area contributed by atoms with E-state index in [1.165, 1.54) is 32.4 Å². The molecule has 246 valence electrons. The van der Waals surface area contributed by atoms with Crippen molar-refractivity contribution < 1.29 is 32.2 Å². The average Bonchev–Trinajstić information content (AvgIpc) is 3.08. The van der Waals surface area contributed by atoms with Gasteiger partial charge in [-0.15, -0.1) is 0 Å². The normalized spacial score (nSPS) is 14.4. The highest BCUT2D eigenvalue weighted by atomic mass is 19.4. The van der Waals surface area contributed by atoms with Gasteiger partial charge in [-0.3, -0.25) is 14.5 Å². The van der Waals surface area contributed by atoms with Crippen LogP contribution in [0.15, 0.2) is 91.0 Å². The number of ether oxygens (including phenoxy) is 2. The van der Waals surface area contributed by atoms with Gasteiger partial charge in [-0.05, 0) is 71.6 Å². The monoisotopic (exact) mass is 645 g/mol. The second-order valence-electron chi connectivity index (χ2n) is 11.4. The van der Waals surface area contributed by atoms with E-state index < -0.39 is 17.6 Å². The van der Waals surface area contributed by atoms with Crippen LogP contribution in [0.25, 0.3) is 11.1 Å². The number of carbonyl (C=O) groups is 2. The maximum Gasteiger partial charge on any atom is 0.416 e. The van der Waals surface area contributed by atoms with E-state index in [1.807, 2.05) is 61.5 Å². The van der Waals surface area contributed by atoms with Crippen LogP contribution < -0.4 is 19.7 Å². The number of anilines is 2. The Labute approximate surface area is 272 Å². The molecule has 4 aromatic carbocycles. The summed E-state index contributed by atoms with van der Waals surface area (Å²) < 4.78 is 50.4. The van der Waals surface area contributed by atoms with E-state index in [0.717, 1.165) is 56.0 Å². The zero-order valence-corrected chi connectivity index (χ0v) is 26.6. The van der Waals surface area contributed by atoms with Gasteiger partial charge < -0.3 is 19.7 Å². The predicted octanol–water partition coefficient (Wildman–Crippen LogP) is 7.87. The number of benzene rings is 4. The molecule has 1 aliphatic heterocycles. The van der Waals surface area contributed by atoms with Crippen molar-refractivity contribution in [3.63, 3.8) is 0 Å². The minimum atomic E-state index is -4.48. The Kier molecular flexibility index (Phi) is 10.5. The van der Waals surface area contributed by atoms with Crippen LogP contribution in [0.5, 0.6) is 11.5 Å². The van der Waals surface area contributed by atoms with Gasteiger partial charge in [0.05, 0.1) is 31.4 Å². The maximum absolute atomic E-state index is 13.6. The summed E-state index contributed by atoms with van der Waals surface area (Å²) in [5.74, 6) is 0.441. The van der Waals surface area contributed by atoms with E-state index in [9.17, 15) is 22.8 Å². The SMILES string of the molecule is CCCC(=O)C(c1ccccc1)N1CCN(c2ccc(NC(=O)c3cc(OC)c(OC)cc3-c3ccc(C(F)(F)F)cc3)cc2)CC1. The molecule has 1 unspecified atom stereocenters. The maximum atomic E-state index is 13.6. The summed E-state index contributed by atoms with van der Waals surface area (Å²) in [6.45, 7) is 4.99.